The fourth-order valence-electron chi connectivity index (χ4n) is 2.64. The number of aliphatic hydroxyl groups is 1. The highest BCUT2D eigenvalue weighted by atomic mass is 16.3. The fourth-order valence-corrected chi connectivity index (χ4v) is 2.64. The minimum Gasteiger partial charge on any atom is -0.508 e. The highest BCUT2D eigenvalue weighted by molar-refractivity contribution is 5.63. The lowest BCUT2D eigenvalue weighted by atomic mass is 9.77. The number of aromatic hydroxyl groups is 1. The van der Waals surface area contributed by atoms with E-state index in [2.05, 4.69) is 24.8 Å². The van der Waals surface area contributed by atoms with Gasteiger partial charge in [0.1, 0.15) is 5.75 Å². The van der Waals surface area contributed by atoms with Gasteiger partial charge in [-0.2, -0.15) is 0 Å². The monoisotopic (exact) mass is 235 g/mol. The van der Waals surface area contributed by atoms with Crippen molar-refractivity contribution in [1.29, 1.82) is 0 Å². The second kappa shape index (κ2) is 4.57. The summed E-state index contributed by atoms with van der Waals surface area (Å²) < 4.78 is 0. The van der Waals surface area contributed by atoms with E-state index in [0.29, 0.717) is 5.75 Å². The Bertz CT molecular complexity index is 401. The van der Waals surface area contributed by atoms with Gasteiger partial charge >= 0.3 is 0 Å². The molecule has 94 valence electrons. The molecule has 1 aliphatic rings. The lowest BCUT2D eigenvalue weighted by Crippen LogP contribution is -2.38. The zero-order valence-electron chi connectivity index (χ0n) is 10.6. The van der Waals surface area contributed by atoms with Gasteiger partial charge in [-0.3, -0.25) is 0 Å². The summed E-state index contributed by atoms with van der Waals surface area (Å²) in [4.78, 5) is 2.26. The van der Waals surface area contributed by atoms with E-state index >= 15 is 0 Å². The first-order valence-corrected chi connectivity index (χ1v) is 6.24. The number of fused-ring (bicyclic) bond motifs is 1. The highest BCUT2D eigenvalue weighted by Gasteiger charge is 2.33. The molecular formula is C14H21NO2. The molecule has 1 aromatic rings. The standard InChI is InChI=1S/C14H21NO2/c1-14(2)7-9-15(8-4-10-16)11-5-3-6-12(17)13(11)14/h3,5-6,16-17H,4,7-10H2,1-2H3. The van der Waals surface area contributed by atoms with Crippen LogP contribution in [0.2, 0.25) is 0 Å². The Hall–Kier alpha value is -1.22. The van der Waals surface area contributed by atoms with Gasteiger partial charge in [0.2, 0.25) is 0 Å². The minimum atomic E-state index is 0.0242. The predicted octanol–water partition coefficient (Wildman–Crippen LogP) is 2.26. The number of phenols is 1. The number of rotatable bonds is 3. The Kier molecular flexibility index (Phi) is 3.29. The number of hydrogen-bond acceptors (Lipinski definition) is 3. The molecule has 3 nitrogen and oxygen atoms in total. The molecule has 0 saturated carbocycles. The summed E-state index contributed by atoms with van der Waals surface area (Å²) >= 11 is 0. The largest absolute Gasteiger partial charge is 0.508 e. The molecule has 0 bridgehead atoms. The third-order valence-electron chi connectivity index (χ3n) is 3.63. The first-order chi connectivity index (χ1) is 8.06. The fraction of sp³-hybridized carbons (Fsp3) is 0.571. The van der Waals surface area contributed by atoms with Crippen molar-refractivity contribution in [2.24, 2.45) is 0 Å². The summed E-state index contributed by atoms with van der Waals surface area (Å²) in [5, 5.41) is 19.0. The minimum absolute atomic E-state index is 0.0242. The molecular weight excluding hydrogens is 214 g/mol. The quantitative estimate of drug-likeness (QED) is 0.844. The number of aliphatic hydroxyl groups excluding tert-OH is 1. The van der Waals surface area contributed by atoms with Crippen molar-refractivity contribution in [2.45, 2.75) is 32.1 Å². The van der Waals surface area contributed by atoms with Gasteiger partial charge in [0, 0.05) is 30.9 Å². The molecule has 0 amide bonds. The SMILES string of the molecule is CC1(C)CCN(CCCO)c2cccc(O)c21. The molecule has 0 unspecified atom stereocenters. The van der Waals surface area contributed by atoms with Crippen LogP contribution < -0.4 is 4.90 Å². The number of nitrogens with zero attached hydrogens (tertiary/aromatic N) is 1. The number of hydrogen-bond donors (Lipinski definition) is 2. The molecule has 1 aromatic carbocycles. The van der Waals surface area contributed by atoms with Crippen molar-refractivity contribution in [3.8, 4) is 5.75 Å². The van der Waals surface area contributed by atoms with Gasteiger partial charge in [-0.05, 0) is 30.4 Å². The van der Waals surface area contributed by atoms with Gasteiger partial charge in [-0.25, -0.2) is 0 Å². The molecule has 2 rings (SSSR count). The third-order valence-corrected chi connectivity index (χ3v) is 3.63. The summed E-state index contributed by atoms with van der Waals surface area (Å²) in [5.41, 5.74) is 2.19. The van der Waals surface area contributed by atoms with Crippen molar-refractivity contribution in [2.75, 3.05) is 24.6 Å². The molecule has 1 aliphatic heterocycles. The summed E-state index contributed by atoms with van der Waals surface area (Å²) in [6.45, 7) is 6.41. The van der Waals surface area contributed by atoms with E-state index in [4.69, 9.17) is 5.11 Å². The summed E-state index contributed by atoms with van der Waals surface area (Å²) in [6.07, 6.45) is 1.80. The van der Waals surface area contributed by atoms with Crippen LogP contribution in [0.15, 0.2) is 18.2 Å². The van der Waals surface area contributed by atoms with Crippen LogP contribution in [-0.4, -0.2) is 29.9 Å². The van der Waals surface area contributed by atoms with Crippen LogP contribution in [0.3, 0.4) is 0 Å². The van der Waals surface area contributed by atoms with Gasteiger partial charge in [0.25, 0.3) is 0 Å². The molecule has 3 heteroatoms. The Morgan fingerprint density at radius 2 is 2.12 bits per heavy atom. The van der Waals surface area contributed by atoms with E-state index in [0.717, 1.165) is 37.2 Å². The molecule has 0 radical (unpaired) electrons. The van der Waals surface area contributed by atoms with Crippen LogP contribution in [0.4, 0.5) is 5.69 Å². The summed E-state index contributed by atoms with van der Waals surface area (Å²) in [7, 11) is 0. The molecule has 2 N–H and O–H groups in total. The lowest BCUT2D eigenvalue weighted by Gasteiger charge is -2.40. The van der Waals surface area contributed by atoms with Crippen LogP contribution in [-0.2, 0) is 5.41 Å². The van der Waals surface area contributed by atoms with Crippen LogP contribution >= 0.6 is 0 Å². The number of phenolic OH excluding ortho intramolecular Hbond substituents is 1. The maximum absolute atomic E-state index is 10.1. The topological polar surface area (TPSA) is 43.7 Å². The van der Waals surface area contributed by atoms with E-state index in [1.807, 2.05) is 6.07 Å². The molecule has 1 heterocycles. The highest BCUT2D eigenvalue weighted by Crippen LogP contribution is 2.44. The Labute approximate surface area is 103 Å². The maximum atomic E-state index is 10.1. The van der Waals surface area contributed by atoms with Gasteiger partial charge in [0.05, 0.1) is 0 Å². The normalized spacial score (nSPS) is 17.9. The predicted molar refractivity (Wildman–Crippen MR) is 69.7 cm³/mol. The van der Waals surface area contributed by atoms with E-state index in [1.54, 1.807) is 6.07 Å². The van der Waals surface area contributed by atoms with Gasteiger partial charge < -0.3 is 15.1 Å². The van der Waals surface area contributed by atoms with Crippen molar-refractivity contribution in [1.82, 2.24) is 0 Å². The second-order valence-corrected chi connectivity index (χ2v) is 5.37. The molecule has 0 saturated heterocycles. The number of anilines is 1. The van der Waals surface area contributed by atoms with Crippen molar-refractivity contribution in [3.05, 3.63) is 23.8 Å². The van der Waals surface area contributed by atoms with Crippen LogP contribution in [0.1, 0.15) is 32.3 Å². The van der Waals surface area contributed by atoms with E-state index in [-0.39, 0.29) is 12.0 Å². The molecule has 0 aromatic heterocycles. The van der Waals surface area contributed by atoms with Crippen molar-refractivity contribution >= 4 is 5.69 Å². The Morgan fingerprint density at radius 1 is 1.35 bits per heavy atom. The average molecular weight is 235 g/mol. The number of benzene rings is 1. The summed E-state index contributed by atoms with van der Waals surface area (Å²) in [6, 6.07) is 5.71. The molecule has 0 aliphatic carbocycles. The van der Waals surface area contributed by atoms with Gasteiger partial charge in [-0.15, -0.1) is 0 Å². The average Bonchev–Trinajstić information content (AvgIpc) is 2.28. The molecule has 0 atom stereocenters. The first kappa shape index (κ1) is 12.2. The van der Waals surface area contributed by atoms with E-state index in [9.17, 15) is 5.11 Å². The van der Waals surface area contributed by atoms with Crippen LogP contribution in [0.25, 0.3) is 0 Å². The van der Waals surface area contributed by atoms with E-state index < -0.39 is 0 Å². The van der Waals surface area contributed by atoms with Crippen LogP contribution in [0, 0.1) is 0 Å². The molecule has 0 spiro atoms. The maximum Gasteiger partial charge on any atom is 0.121 e. The third kappa shape index (κ3) is 2.25. The van der Waals surface area contributed by atoms with Gasteiger partial charge in [-0.1, -0.05) is 19.9 Å². The lowest BCUT2D eigenvalue weighted by molar-refractivity contribution is 0.288. The van der Waals surface area contributed by atoms with Gasteiger partial charge in [0.15, 0.2) is 0 Å². The van der Waals surface area contributed by atoms with Crippen LogP contribution in [0.5, 0.6) is 5.75 Å². The van der Waals surface area contributed by atoms with E-state index in [1.165, 1.54) is 0 Å². The second-order valence-electron chi connectivity index (χ2n) is 5.37. The Balaban J connectivity index is 2.38. The Morgan fingerprint density at radius 3 is 2.82 bits per heavy atom. The summed E-state index contributed by atoms with van der Waals surface area (Å²) in [5.74, 6) is 0.390. The van der Waals surface area contributed by atoms with Crippen molar-refractivity contribution < 1.29 is 10.2 Å². The smallest absolute Gasteiger partial charge is 0.121 e. The zero-order valence-corrected chi connectivity index (χ0v) is 10.6. The first-order valence-electron chi connectivity index (χ1n) is 6.24. The zero-order chi connectivity index (χ0) is 12.5. The van der Waals surface area contributed by atoms with Crippen molar-refractivity contribution in [3.63, 3.8) is 0 Å². The molecule has 0 fully saturated rings. The molecule has 17 heavy (non-hydrogen) atoms.